The summed E-state index contributed by atoms with van der Waals surface area (Å²) in [5.74, 6) is 0.147. The zero-order chi connectivity index (χ0) is 15.2. The Bertz CT molecular complexity index is 532. The van der Waals surface area contributed by atoms with E-state index in [1.165, 1.54) is 6.26 Å². The second-order valence-electron chi connectivity index (χ2n) is 5.00. The standard InChI is InChI=1S/C14H23ClN2O2S/c1-4-7-16-11-12-10-13(15)5-6-14(12)17(2)8-9-20(3,18)19/h5-6,10,16H,4,7-9,11H2,1-3H3. The molecule has 6 heteroatoms. The minimum absolute atomic E-state index is 0.147. The maximum absolute atomic E-state index is 11.3. The van der Waals surface area contributed by atoms with Crippen molar-refractivity contribution in [3.05, 3.63) is 28.8 Å². The van der Waals surface area contributed by atoms with Crippen LogP contribution in [0.5, 0.6) is 0 Å². The van der Waals surface area contributed by atoms with Gasteiger partial charge in [-0.2, -0.15) is 0 Å². The number of benzene rings is 1. The van der Waals surface area contributed by atoms with Crippen molar-refractivity contribution in [1.29, 1.82) is 0 Å². The van der Waals surface area contributed by atoms with Gasteiger partial charge in [-0.25, -0.2) is 8.42 Å². The fraction of sp³-hybridized carbons (Fsp3) is 0.571. The maximum Gasteiger partial charge on any atom is 0.149 e. The van der Waals surface area contributed by atoms with Gasteiger partial charge < -0.3 is 10.2 Å². The van der Waals surface area contributed by atoms with Crippen LogP contribution in [0.3, 0.4) is 0 Å². The molecule has 0 heterocycles. The van der Waals surface area contributed by atoms with Crippen molar-refractivity contribution >= 4 is 27.1 Å². The first-order valence-electron chi connectivity index (χ1n) is 6.71. The highest BCUT2D eigenvalue weighted by molar-refractivity contribution is 7.90. The molecule has 0 amide bonds. The number of hydrogen-bond donors (Lipinski definition) is 1. The van der Waals surface area contributed by atoms with Gasteiger partial charge >= 0.3 is 0 Å². The molecule has 0 saturated carbocycles. The highest BCUT2D eigenvalue weighted by atomic mass is 35.5. The van der Waals surface area contributed by atoms with E-state index in [-0.39, 0.29) is 5.75 Å². The van der Waals surface area contributed by atoms with Gasteiger partial charge in [-0.3, -0.25) is 0 Å². The molecular formula is C14H23ClN2O2S. The highest BCUT2D eigenvalue weighted by Gasteiger charge is 2.10. The highest BCUT2D eigenvalue weighted by Crippen LogP contribution is 2.23. The van der Waals surface area contributed by atoms with Crippen LogP contribution < -0.4 is 10.2 Å². The van der Waals surface area contributed by atoms with E-state index >= 15 is 0 Å². The van der Waals surface area contributed by atoms with E-state index in [2.05, 4.69) is 12.2 Å². The van der Waals surface area contributed by atoms with Gasteiger partial charge in [0.15, 0.2) is 0 Å². The summed E-state index contributed by atoms with van der Waals surface area (Å²) < 4.78 is 22.5. The van der Waals surface area contributed by atoms with Crippen LogP contribution in [-0.4, -0.2) is 40.6 Å². The summed E-state index contributed by atoms with van der Waals surface area (Å²) in [6.07, 6.45) is 2.33. The summed E-state index contributed by atoms with van der Waals surface area (Å²) in [6, 6.07) is 5.70. The molecule has 0 radical (unpaired) electrons. The number of hydrogen-bond acceptors (Lipinski definition) is 4. The molecule has 0 aliphatic rings. The van der Waals surface area contributed by atoms with Crippen LogP contribution in [0.15, 0.2) is 18.2 Å². The predicted octanol–water partition coefficient (Wildman–Crippen LogP) is 2.32. The number of anilines is 1. The smallest absolute Gasteiger partial charge is 0.149 e. The molecular weight excluding hydrogens is 296 g/mol. The normalized spacial score (nSPS) is 11.6. The van der Waals surface area contributed by atoms with Gasteiger partial charge in [0.25, 0.3) is 0 Å². The van der Waals surface area contributed by atoms with Crippen LogP contribution >= 0.6 is 11.6 Å². The fourth-order valence-corrected chi connectivity index (χ4v) is 2.69. The van der Waals surface area contributed by atoms with Crippen LogP contribution in [0.4, 0.5) is 5.69 Å². The Morgan fingerprint density at radius 1 is 1.35 bits per heavy atom. The Kier molecular flexibility index (Phi) is 6.79. The minimum atomic E-state index is -2.95. The first-order chi connectivity index (χ1) is 9.33. The average Bonchev–Trinajstić information content (AvgIpc) is 2.36. The van der Waals surface area contributed by atoms with Crippen molar-refractivity contribution in [2.45, 2.75) is 19.9 Å². The lowest BCUT2D eigenvalue weighted by Crippen LogP contribution is -2.26. The summed E-state index contributed by atoms with van der Waals surface area (Å²) in [5.41, 5.74) is 2.10. The fourth-order valence-electron chi connectivity index (χ4n) is 1.89. The SMILES string of the molecule is CCCNCc1cc(Cl)ccc1N(C)CCS(C)(=O)=O. The minimum Gasteiger partial charge on any atom is -0.373 e. The molecule has 0 spiro atoms. The molecule has 0 bridgehead atoms. The molecule has 0 aromatic heterocycles. The summed E-state index contributed by atoms with van der Waals surface area (Å²) in [6.45, 7) is 4.26. The van der Waals surface area contributed by atoms with Gasteiger partial charge in [-0.05, 0) is 36.7 Å². The molecule has 0 aliphatic heterocycles. The lowest BCUT2D eigenvalue weighted by atomic mass is 10.1. The van der Waals surface area contributed by atoms with Crippen LogP contribution in [0.25, 0.3) is 0 Å². The van der Waals surface area contributed by atoms with Crippen LogP contribution in [0, 0.1) is 0 Å². The Morgan fingerprint density at radius 3 is 2.65 bits per heavy atom. The van der Waals surface area contributed by atoms with E-state index in [9.17, 15) is 8.42 Å². The zero-order valence-corrected chi connectivity index (χ0v) is 13.9. The lowest BCUT2D eigenvalue weighted by molar-refractivity contribution is 0.601. The Labute approximate surface area is 127 Å². The molecule has 0 saturated heterocycles. The summed E-state index contributed by atoms with van der Waals surface area (Å²) in [7, 11) is -1.05. The summed E-state index contributed by atoms with van der Waals surface area (Å²) >= 11 is 6.04. The predicted molar refractivity (Wildman–Crippen MR) is 86.4 cm³/mol. The maximum atomic E-state index is 11.3. The molecule has 0 unspecified atom stereocenters. The molecule has 114 valence electrons. The van der Waals surface area contributed by atoms with Gasteiger partial charge in [0.1, 0.15) is 9.84 Å². The van der Waals surface area contributed by atoms with Crippen molar-refractivity contribution in [2.24, 2.45) is 0 Å². The van der Waals surface area contributed by atoms with E-state index in [0.717, 1.165) is 30.8 Å². The van der Waals surface area contributed by atoms with Gasteiger partial charge in [0, 0.05) is 37.1 Å². The quantitative estimate of drug-likeness (QED) is 0.747. The number of nitrogens with zero attached hydrogens (tertiary/aromatic N) is 1. The molecule has 4 nitrogen and oxygen atoms in total. The molecule has 1 rings (SSSR count). The van der Waals surface area contributed by atoms with E-state index in [1.54, 1.807) is 0 Å². The van der Waals surface area contributed by atoms with E-state index in [1.807, 2.05) is 30.1 Å². The van der Waals surface area contributed by atoms with Crippen LogP contribution in [-0.2, 0) is 16.4 Å². The molecule has 1 aromatic carbocycles. The van der Waals surface area contributed by atoms with Crippen molar-refractivity contribution in [3.63, 3.8) is 0 Å². The number of halogens is 1. The van der Waals surface area contributed by atoms with Gasteiger partial charge in [-0.15, -0.1) is 0 Å². The van der Waals surface area contributed by atoms with Gasteiger partial charge in [-0.1, -0.05) is 18.5 Å². The molecule has 0 atom stereocenters. The Hall–Kier alpha value is -0.780. The molecule has 1 aromatic rings. The second kappa shape index (κ2) is 7.86. The Morgan fingerprint density at radius 2 is 2.05 bits per heavy atom. The van der Waals surface area contributed by atoms with E-state index < -0.39 is 9.84 Å². The van der Waals surface area contributed by atoms with Crippen molar-refractivity contribution in [3.8, 4) is 0 Å². The van der Waals surface area contributed by atoms with Crippen molar-refractivity contribution < 1.29 is 8.42 Å². The van der Waals surface area contributed by atoms with E-state index in [0.29, 0.717) is 11.6 Å². The third-order valence-electron chi connectivity index (χ3n) is 2.99. The molecule has 20 heavy (non-hydrogen) atoms. The van der Waals surface area contributed by atoms with Crippen molar-refractivity contribution in [2.75, 3.05) is 37.0 Å². The van der Waals surface area contributed by atoms with Crippen molar-refractivity contribution in [1.82, 2.24) is 5.32 Å². The van der Waals surface area contributed by atoms with Gasteiger partial charge in [0.2, 0.25) is 0 Å². The van der Waals surface area contributed by atoms with E-state index in [4.69, 9.17) is 11.6 Å². The molecule has 0 aliphatic carbocycles. The number of nitrogens with one attached hydrogen (secondary N) is 1. The first-order valence-corrected chi connectivity index (χ1v) is 9.15. The largest absolute Gasteiger partial charge is 0.373 e. The summed E-state index contributed by atoms with van der Waals surface area (Å²) in [4.78, 5) is 1.96. The number of sulfone groups is 1. The average molecular weight is 319 g/mol. The topological polar surface area (TPSA) is 49.4 Å². The Balaban J connectivity index is 2.81. The third-order valence-corrected chi connectivity index (χ3v) is 4.15. The molecule has 1 N–H and O–H groups in total. The monoisotopic (exact) mass is 318 g/mol. The summed E-state index contributed by atoms with van der Waals surface area (Å²) in [5, 5.41) is 4.04. The number of rotatable bonds is 8. The van der Waals surface area contributed by atoms with Crippen LogP contribution in [0.2, 0.25) is 5.02 Å². The third kappa shape index (κ3) is 6.11. The second-order valence-corrected chi connectivity index (χ2v) is 7.70. The van der Waals surface area contributed by atoms with Gasteiger partial charge in [0.05, 0.1) is 5.75 Å². The first kappa shape index (κ1) is 17.3. The zero-order valence-electron chi connectivity index (χ0n) is 12.3. The molecule has 0 fully saturated rings. The lowest BCUT2D eigenvalue weighted by Gasteiger charge is -2.22. The van der Waals surface area contributed by atoms with Crippen LogP contribution in [0.1, 0.15) is 18.9 Å².